The molecule has 2 aliphatic heterocycles. The van der Waals surface area contributed by atoms with Crippen molar-refractivity contribution >= 4 is 28.7 Å². The Hall–Kier alpha value is -1.04. The van der Waals surface area contributed by atoms with Gasteiger partial charge in [-0.15, -0.1) is 0 Å². The molecule has 2 atom stereocenters. The molecule has 0 spiro atoms. The first-order valence-electron chi connectivity index (χ1n) is 5.67. The highest BCUT2D eigenvalue weighted by molar-refractivity contribution is 8.15. The number of hydrogen-bond acceptors (Lipinski definition) is 4. The Morgan fingerprint density at radius 2 is 2.29 bits per heavy atom. The highest BCUT2D eigenvalue weighted by Gasteiger charge is 2.42. The highest BCUT2D eigenvalue weighted by atomic mass is 32.2. The molecule has 0 saturated carbocycles. The standard InChI is InChI=1S/C11H17N3O2S/c1-6(15)13-10-14-7-4-11(2,3)5-12-9(16)8(7)17-10/h7-8H,4-5H2,1-3H3,(H,12,16)(H,13,14,15)/t7-,8+/m0/s1. The van der Waals surface area contributed by atoms with E-state index >= 15 is 0 Å². The average Bonchev–Trinajstić information content (AvgIpc) is 2.51. The zero-order valence-corrected chi connectivity index (χ0v) is 11.1. The number of fused-ring (bicyclic) bond motifs is 1. The van der Waals surface area contributed by atoms with Crippen LogP contribution in [0.3, 0.4) is 0 Å². The van der Waals surface area contributed by atoms with Gasteiger partial charge in [-0.3, -0.25) is 14.6 Å². The van der Waals surface area contributed by atoms with Crippen LogP contribution < -0.4 is 10.6 Å². The monoisotopic (exact) mass is 255 g/mol. The lowest BCUT2D eigenvalue weighted by Gasteiger charge is -2.23. The summed E-state index contributed by atoms with van der Waals surface area (Å²) in [7, 11) is 0. The topological polar surface area (TPSA) is 70.6 Å². The molecule has 0 bridgehead atoms. The second kappa shape index (κ2) is 4.33. The van der Waals surface area contributed by atoms with E-state index < -0.39 is 0 Å². The molecular weight excluding hydrogens is 238 g/mol. The van der Waals surface area contributed by atoms with Gasteiger partial charge in [0.25, 0.3) is 0 Å². The van der Waals surface area contributed by atoms with E-state index in [9.17, 15) is 9.59 Å². The van der Waals surface area contributed by atoms with Gasteiger partial charge in [-0.05, 0) is 11.8 Å². The predicted molar refractivity (Wildman–Crippen MR) is 67.8 cm³/mol. The van der Waals surface area contributed by atoms with Gasteiger partial charge in [0.05, 0.1) is 6.04 Å². The molecule has 6 heteroatoms. The lowest BCUT2D eigenvalue weighted by molar-refractivity contribution is -0.120. The zero-order chi connectivity index (χ0) is 12.6. The quantitative estimate of drug-likeness (QED) is 0.662. The minimum absolute atomic E-state index is 0.0228. The number of nitrogens with zero attached hydrogens (tertiary/aromatic N) is 1. The molecule has 2 amide bonds. The minimum Gasteiger partial charge on any atom is -0.355 e. The van der Waals surface area contributed by atoms with Crippen molar-refractivity contribution in [1.82, 2.24) is 10.6 Å². The van der Waals surface area contributed by atoms with Crippen molar-refractivity contribution in [3.63, 3.8) is 0 Å². The SMILES string of the molecule is CC(=O)NC1=N[C@H]2CC(C)(C)CNC(=O)[C@@H]2S1. The Kier molecular flexibility index (Phi) is 3.16. The third-order valence-electron chi connectivity index (χ3n) is 2.92. The molecule has 1 fully saturated rings. The number of rotatable bonds is 0. The predicted octanol–water partition coefficient (Wildman–Crippen LogP) is 0.509. The number of hydrogen-bond donors (Lipinski definition) is 2. The summed E-state index contributed by atoms with van der Waals surface area (Å²) in [5.74, 6) is -0.123. The van der Waals surface area contributed by atoms with Crippen molar-refractivity contribution in [2.45, 2.75) is 38.5 Å². The minimum atomic E-state index is -0.196. The fourth-order valence-corrected chi connectivity index (χ4v) is 3.25. The molecule has 2 rings (SSSR count). The van der Waals surface area contributed by atoms with Gasteiger partial charge in [0, 0.05) is 13.5 Å². The molecule has 94 valence electrons. The second-order valence-electron chi connectivity index (χ2n) is 5.31. The van der Waals surface area contributed by atoms with Crippen LogP contribution in [0, 0.1) is 5.41 Å². The van der Waals surface area contributed by atoms with Gasteiger partial charge in [-0.2, -0.15) is 0 Å². The van der Waals surface area contributed by atoms with Crippen LogP contribution in [0.25, 0.3) is 0 Å². The number of thioether (sulfide) groups is 1. The molecule has 0 aromatic heterocycles. The number of carbonyl (C=O) groups is 2. The fourth-order valence-electron chi connectivity index (χ4n) is 2.11. The normalized spacial score (nSPS) is 31.0. The molecule has 0 unspecified atom stereocenters. The van der Waals surface area contributed by atoms with E-state index in [1.54, 1.807) is 0 Å². The molecule has 2 heterocycles. The van der Waals surface area contributed by atoms with Crippen LogP contribution in [0.5, 0.6) is 0 Å². The van der Waals surface area contributed by atoms with Crippen LogP contribution in [0.2, 0.25) is 0 Å². The molecule has 0 aromatic rings. The summed E-state index contributed by atoms with van der Waals surface area (Å²) in [5.41, 5.74) is 0.0464. The summed E-state index contributed by atoms with van der Waals surface area (Å²) in [6.45, 7) is 6.37. The summed E-state index contributed by atoms with van der Waals surface area (Å²) in [5, 5.41) is 5.97. The Morgan fingerprint density at radius 3 is 2.94 bits per heavy atom. The molecule has 5 nitrogen and oxygen atoms in total. The lowest BCUT2D eigenvalue weighted by Crippen LogP contribution is -2.36. The van der Waals surface area contributed by atoms with Gasteiger partial charge in [0.15, 0.2) is 5.17 Å². The molecule has 0 radical (unpaired) electrons. The number of nitrogens with one attached hydrogen (secondary N) is 2. The molecule has 17 heavy (non-hydrogen) atoms. The van der Waals surface area contributed by atoms with E-state index in [1.807, 2.05) is 0 Å². The number of amidine groups is 1. The van der Waals surface area contributed by atoms with Crippen LogP contribution >= 0.6 is 11.8 Å². The fraction of sp³-hybridized carbons (Fsp3) is 0.727. The van der Waals surface area contributed by atoms with Gasteiger partial charge in [-0.1, -0.05) is 25.6 Å². The summed E-state index contributed by atoms with van der Waals surface area (Å²) in [6, 6.07) is -0.0284. The van der Waals surface area contributed by atoms with Crippen molar-refractivity contribution in [3.05, 3.63) is 0 Å². The van der Waals surface area contributed by atoms with Gasteiger partial charge in [0.2, 0.25) is 11.8 Å². The molecule has 0 aromatic carbocycles. The zero-order valence-electron chi connectivity index (χ0n) is 10.2. The van der Waals surface area contributed by atoms with Crippen LogP contribution in [-0.2, 0) is 9.59 Å². The van der Waals surface area contributed by atoms with Crippen molar-refractivity contribution in [3.8, 4) is 0 Å². The Balaban J connectivity index is 2.16. The first kappa shape index (κ1) is 12.4. The van der Waals surface area contributed by atoms with E-state index in [1.165, 1.54) is 18.7 Å². The summed E-state index contributed by atoms with van der Waals surface area (Å²) in [4.78, 5) is 27.3. The molecular formula is C11H17N3O2S. The Labute approximate surface area is 105 Å². The summed E-state index contributed by atoms with van der Waals surface area (Å²) >= 11 is 1.35. The van der Waals surface area contributed by atoms with E-state index in [2.05, 4.69) is 29.5 Å². The first-order chi connectivity index (χ1) is 7.87. The van der Waals surface area contributed by atoms with E-state index in [0.29, 0.717) is 11.7 Å². The van der Waals surface area contributed by atoms with Crippen molar-refractivity contribution in [1.29, 1.82) is 0 Å². The molecule has 0 aliphatic carbocycles. The molecule has 2 N–H and O–H groups in total. The number of aliphatic imine (C=N–C) groups is 1. The van der Waals surface area contributed by atoms with E-state index in [-0.39, 0.29) is 28.5 Å². The molecule has 1 saturated heterocycles. The summed E-state index contributed by atoms with van der Waals surface area (Å²) < 4.78 is 0. The average molecular weight is 255 g/mol. The maximum atomic E-state index is 11.9. The maximum Gasteiger partial charge on any atom is 0.235 e. The largest absolute Gasteiger partial charge is 0.355 e. The molecule has 2 aliphatic rings. The Bertz CT molecular complexity index is 392. The highest BCUT2D eigenvalue weighted by Crippen LogP contribution is 2.36. The van der Waals surface area contributed by atoms with Gasteiger partial charge < -0.3 is 10.6 Å². The van der Waals surface area contributed by atoms with E-state index in [0.717, 1.165) is 6.42 Å². The van der Waals surface area contributed by atoms with Gasteiger partial charge in [-0.25, -0.2) is 0 Å². The number of amides is 2. The van der Waals surface area contributed by atoms with E-state index in [4.69, 9.17) is 0 Å². The third kappa shape index (κ3) is 2.80. The maximum absolute atomic E-state index is 11.9. The van der Waals surface area contributed by atoms with Gasteiger partial charge in [0.1, 0.15) is 5.25 Å². The lowest BCUT2D eigenvalue weighted by atomic mass is 9.86. The second-order valence-corrected chi connectivity index (χ2v) is 6.44. The third-order valence-corrected chi connectivity index (χ3v) is 4.13. The van der Waals surface area contributed by atoms with Crippen LogP contribution in [0.1, 0.15) is 27.2 Å². The Morgan fingerprint density at radius 1 is 1.59 bits per heavy atom. The van der Waals surface area contributed by atoms with Crippen LogP contribution in [-0.4, -0.2) is 34.8 Å². The smallest absolute Gasteiger partial charge is 0.235 e. The van der Waals surface area contributed by atoms with Gasteiger partial charge >= 0.3 is 0 Å². The van der Waals surface area contributed by atoms with Crippen molar-refractivity contribution in [2.24, 2.45) is 10.4 Å². The van der Waals surface area contributed by atoms with Crippen LogP contribution in [0.4, 0.5) is 0 Å². The van der Waals surface area contributed by atoms with Crippen LogP contribution in [0.15, 0.2) is 4.99 Å². The first-order valence-corrected chi connectivity index (χ1v) is 6.55. The summed E-state index contributed by atoms with van der Waals surface area (Å²) in [6.07, 6.45) is 0.854. The number of carbonyl (C=O) groups excluding carboxylic acids is 2. The van der Waals surface area contributed by atoms with Crippen molar-refractivity contribution in [2.75, 3.05) is 6.54 Å². The van der Waals surface area contributed by atoms with Crippen molar-refractivity contribution < 1.29 is 9.59 Å².